The second-order valence-electron chi connectivity index (χ2n) is 7.25. The lowest BCUT2D eigenvalue weighted by Gasteiger charge is -2.38. The maximum Gasteiger partial charge on any atom is 0.267 e. The Hall–Kier alpha value is -2.28. The Morgan fingerprint density at radius 3 is 2.38 bits per heavy atom. The summed E-state index contributed by atoms with van der Waals surface area (Å²) >= 11 is 0. The van der Waals surface area contributed by atoms with E-state index in [4.69, 9.17) is 9.47 Å². The van der Waals surface area contributed by atoms with Crippen LogP contribution in [0.5, 0.6) is 11.5 Å². The molecule has 0 spiro atoms. The van der Waals surface area contributed by atoms with Gasteiger partial charge in [-0.05, 0) is 31.9 Å². The molecule has 0 radical (unpaired) electrons. The normalized spacial score (nSPS) is 25.7. The van der Waals surface area contributed by atoms with Gasteiger partial charge < -0.3 is 19.7 Å². The Morgan fingerprint density at radius 1 is 1.08 bits per heavy atom. The molecular weight excluding hydrogens is 334 g/mol. The molecule has 3 aliphatic rings. The molecular formula is C19H25N3O4. The molecule has 2 heterocycles. The lowest BCUT2D eigenvalue weighted by Crippen LogP contribution is -2.57. The number of nitrogens with one attached hydrogen (secondary N) is 1. The molecule has 0 aromatic heterocycles. The molecule has 2 aliphatic heterocycles. The summed E-state index contributed by atoms with van der Waals surface area (Å²) in [6.07, 6.45) is 1.23. The van der Waals surface area contributed by atoms with Crippen LogP contribution < -0.4 is 14.8 Å². The Balaban J connectivity index is 1.30. The van der Waals surface area contributed by atoms with E-state index in [1.165, 1.54) is 0 Å². The van der Waals surface area contributed by atoms with E-state index in [2.05, 4.69) is 10.2 Å². The molecule has 7 heteroatoms. The Labute approximate surface area is 153 Å². The van der Waals surface area contributed by atoms with Crippen molar-refractivity contribution in [1.82, 2.24) is 15.1 Å². The first-order chi connectivity index (χ1) is 12.6. The molecule has 1 N–H and O–H groups in total. The number of amides is 2. The summed E-state index contributed by atoms with van der Waals surface area (Å²) in [7, 11) is 0. The SMILES string of the molecule is CC1Oc2ccccc2OC1C(=O)N1CCN(CC(=O)NC2CC2)CC1. The van der Waals surface area contributed by atoms with Gasteiger partial charge in [0.15, 0.2) is 11.5 Å². The number of rotatable bonds is 4. The fourth-order valence-electron chi connectivity index (χ4n) is 3.40. The van der Waals surface area contributed by atoms with Gasteiger partial charge in [-0.2, -0.15) is 0 Å². The van der Waals surface area contributed by atoms with Crippen LogP contribution in [0.25, 0.3) is 0 Å². The Bertz CT molecular complexity index is 683. The second-order valence-corrected chi connectivity index (χ2v) is 7.25. The predicted octanol–water partition coefficient (Wildman–Crippen LogP) is 0.638. The van der Waals surface area contributed by atoms with Crippen LogP contribution in [0.2, 0.25) is 0 Å². The number of ether oxygens (including phenoxy) is 2. The van der Waals surface area contributed by atoms with Crippen molar-refractivity contribution in [2.24, 2.45) is 0 Å². The van der Waals surface area contributed by atoms with Gasteiger partial charge in [-0.25, -0.2) is 0 Å². The highest BCUT2D eigenvalue weighted by molar-refractivity contribution is 5.82. The number of carbonyl (C=O) groups is 2. The molecule has 1 saturated heterocycles. The molecule has 26 heavy (non-hydrogen) atoms. The van der Waals surface area contributed by atoms with Gasteiger partial charge in [0.1, 0.15) is 6.10 Å². The summed E-state index contributed by atoms with van der Waals surface area (Å²) in [5.74, 6) is 1.32. The first-order valence-electron chi connectivity index (χ1n) is 9.33. The number of piperazine rings is 1. The molecule has 1 aromatic carbocycles. The van der Waals surface area contributed by atoms with Crippen LogP contribution in [-0.2, 0) is 9.59 Å². The van der Waals surface area contributed by atoms with Crippen LogP contribution in [0.1, 0.15) is 19.8 Å². The summed E-state index contributed by atoms with van der Waals surface area (Å²) in [5.41, 5.74) is 0. The van der Waals surface area contributed by atoms with Gasteiger partial charge in [-0.1, -0.05) is 12.1 Å². The van der Waals surface area contributed by atoms with Crippen LogP contribution in [0.3, 0.4) is 0 Å². The van der Waals surface area contributed by atoms with Crippen molar-refractivity contribution >= 4 is 11.8 Å². The molecule has 2 atom stereocenters. The second kappa shape index (κ2) is 7.15. The third-order valence-electron chi connectivity index (χ3n) is 5.08. The molecule has 1 aliphatic carbocycles. The molecule has 2 fully saturated rings. The number of fused-ring (bicyclic) bond motifs is 1. The van der Waals surface area contributed by atoms with Crippen LogP contribution in [0, 0.1) is 0 Å². The standard InChI is InChI=1S/C19H25N3O4/c1-13-18(26-16-5-3-2-4-15(16)25-13)19(24)22-10-8-21(9-11-22)12-17(23)20-14-6-7-14/h2-5,13-14,18H,6-12H2,1H3,(H,20,23). The summed E-state index contributed by atoms with van der Waals surface area (Å²) in [5, 5.41) is 3.00. The molecule has 0 bridgehead atoms. The van der Waals surface area contributed by atoms with E-state index >= 15 is 0 Å². The monoisotopic (exact) mass is 359 g/mol. The van der Waals surface area contributed by atoms with Gasteiger partial charge in [-0.15, -0.1) is 0 Å². The number of hydrogen-bond acceptors (Lipinski definition) is 5. The fourth-order valence-corrected chi connectivity index (χ4v) is 3.40. The van der Waals surface area contributed by atoms with Crippen LogP contribution in [0.4, 0.5) is 0 Å². The van der Waals surface area contributed by atoms with Crippen molar-refractivity contribution in [3.05, 3.63) is 24.3 Å². The Morgan fingerprint density at radius 2 is 1.73 bits per heavy atom. The maximum absolute atomic E-state index is 12.9. The average Bonchev–Trinajstić information content (AvgIpc) is 3.45. The number of para-hydroxylation sites is 2. The minimum atomic E-state index is -0.630. The van der Waals surface area contributed by atoms with Crippen molar-refractivity contribution in [3.8, 4) is 11.5 Å². The summed E-state index contributed by atoms with van der Waals surface area (Å²) in [4.78, 5) is 28.7. The highest BCUT2D eigenvalue weighted by Crippen LogP contribution is 2.34. The molecule has 2 unspecified atom stereocenters. The Kier molecular flexibility index (Phi) is 4.72. The average molecular weight is 359 g/mol. The van der Waals surface area contributed by atoms with Gasteiger partial charge >= 0.3 is 0 Å². The molecule has 140 valence electrons. The fraction of sp³-hybridized carbons (Fsp3) is 0.579. The van der Waals surface area contributed by atoms with Crippen molar-refractivity contribution in [2.75, 3.05) is 32.7 Å². The zero-order valence-corrected chi connectivity index (χ0v) is 15.0. The number of carbonyl (C=O) groups excluding carboxylic acids is 2. The van der Waals surface area contributed by atoms with E-state index in [1.807, 2.05) is 36.1 Å². The van der Waals surface area contributed by atoms with Crippen LogP contribution in [-0.4, -0.2) is 72.6 Å². The van der Waals surface area contributed by atoms with E-state index in [9.17, 15) is 9.59 Å². The summed E-state index contributed by atoms with van der Waals surface area (Å²) < 4.78 is 11.7. The van der Waals surface area contributed by atoms with E-state index in [0.29, 0.717) is 50.3 Å². The van der Waals surface area contributed by atoms with Crippen molar-refractivity contribution < 1.29 is 19.1 Å². The third kappa shape index (κ3) is 3.77. The molecule has 4 rings (SSSR count). The minimum Gasteiger partial charge on any atom is -0.482 e. The zero-order valence-electron chi connectivity index (χ0n) is 15.0. The van der Waals surface area contributed by atoms with Crippen molar-refractivity contribution in [3.63, 3.8) is 0 Å². The number of hydrogen-bond donors (Lipinski definition) is 1. The summed E-state index contributed by atoms with van der Waals surface area (Å²) in [6.45, 7) is 4.86. The van der Waals surface area contributed by atoms with Gasteiger partial charge in [0, 0.05) is 32.2 Å². The van der Waals surface area contributed by atoms with Gasteiger partial charge in [0.2, 0.25) is 12.0 Å². The lowest BCUT2D eigenvalue weighted by atomic mass is 10.1. The quantitative estimate of drug-likeness (QED) is 0.854. The van der Waals surface area contributed by atoms with Gasteiger partial charge in [0.25, 0.3) is 5.91 Å². The smallest absolute Gasteiger partial charge is 0.267 e. The largest absolute Gasteiger partial charge is 0.482 e. The van der Waals surface area contributed by atoms with Gasteiger partial charge in [-0.3, -0.25) is 14.5 Å². The zero-order chi connectivity index (χ0) is 18.1. The maximum atomic E-state index is 12.9. The van der Waals surface area contributed by atoms with E-state index in [0.717, 1.165) is 12.8 Å². The first-order valence-corrected chi connectivity index (χ1v) is 9.33. The van der Waals surface area contributed by atoms with Crippen molar-refractivity contribution in [1.29, 1.82) is 0 Å². The lowest BCUT2D eigenvalue weighted by molar-refractivity contribution is -0.146. The minimum absolute atomic E-state index is 0.0471. The third-order valence-corrected chi connectivity index (χ3v) is 5.08. The van der Waals surface area contributed by atoms with E-state index < -0.39 is 6.10 Å². The summed E-state index contributed by atoms with van der Waals surface area (Å²) in [6, 6.07) is 7.80. The van der Waals surface area contributed by atoms with E-state index in [1.54, 1.807) is 0 Å². The van der Waals surface area contributed by atoms with Gasteiger partial charge in [0.05, 0.1) is 6.54 Å². The molecule has 1 aromatic rings. The highest BCUT2D eigenvalue weighted by atomic mass is 16.6. The highest BCUT2D eigenvalue weighted by Gasteiger charge is 2.37. The topological polar surface area (TPSA) is 71.1 Å². The number of nitrogens with zero attached hydrogens (tertiary/aromatic N) is 2. The molecule has 7 nitrogen and oxygen atoms in total. The predicted molar refractivity (Wildman–Crippen MR) is 95.1 cm³/mol. The van der Waals surface area contributed by atoms with Crippen LogP contribution in [0.15, 0.2) is 24.3 Å². The number of benzene rings is 1. The molecule has 2 amide bonds. The van der Waals surface area contributed by atoms with Crippen LogP contribution >= 0.6 is 0 Å². The molecule has 1 saturated carbocycles. The van der Waals surface area contributed by atoms with Crippen molar-refractivity contribution in [2.45, 2.75) is 38.0 Å². The van der Waals surface area contributed by atoms with E-state index in [-0.39, 0.29) is 17.9 Å². The first kappa shape index (κ1) is 17.1.